The predicted molar refractivity (Wildman–Crippen MR) is 85.3 cm³/mol. The summed E-state index contributed by atoms with van der Waals surface area (Å²) in [7, 11) is 0. The van der Waals surface area contributed by atoms with E-state index in [1.807, 2.05) is 31.2 Å². The van der Waals surface area contributed by atoms with Crippen molar-refractivity contribution in [2.75, 3.05) is 0 Å². The maximum absolute atomic E-state index is 14.4. The van der Waals surface area contributed by atoms with Crippen LogP contribution in [0, 0.1) is 12.7 Å². The molecule has 0 saturated heterocycles. The fourth-order valence-corrected chi connectivity index (χ4v) is 3.18. The van der Waals surface area contributed by atoms with Crippen molar-refractivity contribution in [3.05, 3.63) is 66.0 Å². The molecule has 21 heavy (non-hydrogen) atoms. The molecule has 4 rings (SSSR count). The van der Waals surface area contributed by atoms with Crippen LogP contribution in [0.25, 0.3) is 32.3 Å². The SMILES string of the molecule is Cc1cc2ccc(O)cc2c2cc(F)c3ccccc3c12. The molecule has 0 atom stereocenters. The van der Waals surface area contributed by atoms with E-state index in [1.165, 1.54) is 0 Å². The number of aromatic hydroxyl groups is 1. The van der Waals surface area contributed by atoms with Gasteiger partial charge < -0.3 is 5.11 Å². The van der Waals surface area contributed by atoms with Crippen LogP contribution >= 0.6 is 0 Å². The number of halogens is 1. The molecule has 0 aliphatic heterocycles. The van der Waals surface area contributed by atoms with Gasteiger partial charge in [-0.05, 0) is 57.6 Å². The summed E-state index contributed by atoms with van der Waals surface area (Å²) in [6, 6.07) is 16.4. The molecule has 0 bridgehead atoms. The largest absolute Gasteiger partial charge is 0.508 e. The van der Waals surface area contributed by atoms with E-state index in [1.54, 1.807) is 24.3 Å². The number of phenolic OH excluding ortho intramolecular Hbond substituents is 1. The first kappa shape index (κ1) is 12.2. The molecule has 0 radical (unpaired) electrons. The van der Waals surface area contributed by atoms with E-state index in [9.17, 15) is 9.50 Å². The third-order valence-electron chi connectivity index (χ3n) is 4.09. The number of hydrogen-bond acceptors (Lipinski definition) is 1. The van der Waals surface area contributed by atoms with Crippen LogP contribution in [0.1, 0.15) is 5.56 Å². The van der Waals surface area contributed by atoms with Crippen LogP contribution in [-0.4, -0.2) is 5.11 Å². The number of aryl methyl sites for hydroxylation is 1. The van der Waals surface area contributed by atoms with Crippen LogP contribution in [0.4, 0.5) is 4.39 Å². The monoisotopic (exact) mass is 276 g/mol. The summed E-state index contributed by atoms with van der Waals surface area (Å²) < 4.78 is 14.4. The van der Waals surface area contributed by atoms with Gasteiger partial charge >= 0.3 is 0 Å². The number of fused-ring (bicyclic) bond motifs is 5. The van der Waals surface area contributed by atoms with Crippen LogP contribution in [0.15, 0.2) is 54.6 Å². The second-order valence-corrected chi connectivity index (χ2v) is 5.43. The molecule has 4 aromatic rings. The lowest BCUT2D eigenvalue weighted by Gasteiger charge is -2.12. The van der Waals surface area contributed by atoms with Crippen molar-refractivity contribution in [2.24, 2.45) is 0 Å². The number of rotatable bonds is 0. The summed E-state index contributed by atoms with van der Waals surface area (Å²) in [5.74, 6) is -0.0328. The first-order valence-corrected chi connectivity index (χ1v) is 6.88. The lowest BCUT2D eigenvalue weighted by molar-refractivity contribution is 0.476. The van der Waals surface area contributed by atoms with Gasteiger partial charge in [-0.3, -0.25) is 0 Å². The van der Waals surface area contributed by atoms with Gasteiger partial charge in [-0.25, -0.2) is 4.39 Å². The van der Waals surface area contributed by atoms with Crippen molar-refractivity contribution < 1.29 is 9.50 Å². The topological polar surface area (TPSA) is 20.2 Å². The molecule has 0 spiro atoms. The molecule has 0 unspecified atom stereocenters. The Kier molecular flexibility index (Phi) is 2.43. The van der Waals surface area contributed by atoms with E-state index in [0.29, 0.717) is 5.39 Å². The summed E-state index contributed by atoms with van der Waals surface area (Å²) in [5, 5.41) is 15.1. The van der Waals surface area contributed by atoms with Gasteiger partial charge in [0.1, 0.15) is 11.6 Å². The zero-order valence-electron chi connectivity index (χ0n) is 11.5. The molecule has 0 saturated carbocycles. The van der Waals surface area contributed by atoms with Crippen LogP contribution in [0.3, 0.4) is 0 Å². The molecular formula is C19H13FO. The molecule has 102 valence electrons. The zero-order chi connectivity index (χ0) is 14.6. The van der Waals surface area contributed by atoms with E-state index in [4.69, 9.17) is 0 Å². The van der Waals surface area contributed by atoms with Crippen molar-refractivity contribution in [2.45, 2.75) is 6.92 Å². The molecule has 1 N–H and O–H groups in total. The average molecular weight is 276 g/mol. The van der Waals surface area contributed by atoms with Crippen molar-refractivity contribution in [3.63, 3.8) is 0 Å². The number of benzene rings is 4. The maximum atomic E-state index is 14.4. The Balaban J connectivity index is 2.36. The third-order valence-corrected chi connectivity index (χ3v) is 4.09. The van der Waals surface area contributed by atoms with E-state index < -0.39 is 0 Å². The molecule has 0 heterocycles. The highest BCUT2D eigenvalue weighted by Crippen LogP contribution is 2.36. The molecule has 0 aliphatic rings. The Hall–Kier alpha value is -2.61. The van der Waals surface area contributed by atoms with E-state index in [0.717, 1.165) is 32.5 Å². The molecule has 0 amide bonds. The van der Waals surface area contributed by atoms with Gasteiger partial charge in [-0.1, -0.05) is 36.4 Å². The summed E-state index contributed by atoms with van der Waals surface area (Å²) in [4.78, 5) is 0. The molecular weight excluding hydrogens is 263 g/mol. The summed E-state index contributed by atoms with van der Waals surface area (Å²) >= 11 is 0. The Morgan fingerprint density at radius 3 is 2.38 bits per heavy atom. The average Bonchev–Trinajstić information content (AvgIpc) is 2.48. The third kappa shape index (κ3) is 1.69. The lowest BCUT2D eigenvalue weighted by Crippen LogP contribution is -1.88. The Bertz CT molecular complexity index is 1020. The van der Waals surface area contributed by atoms with Crippen LogP contribution in [0.2, 0.25) is 0 Å². The van der Waals surface area contributed by atoms with Gasteiger partial charge in [0.25, 0.3) is 0 Å². The predicted octanol–water partition coefficient (Wildman–Crippen LogP) is 5.30. The second-order valence-electron chi connectivity index (χ2n) is 5.43. The smallest absolute Gasteiger partial charge is 0.131 e. The van der Waals surface area contributed by atoms with Gasteiger partial charge in [0.2, 0.25) is 0 Å². The summed E-state index contributed by atoms with van der Waals surface area (Å²) in [6.45, 7) is 2.04. The molecule has 4 aromatic carbocycles. The quantitative estimate of drug-likeness (QED) is 0.432. The van der Waals surface area contributed by atoms with Gasteiger partial charge in [-0.15, -0.1) is 0 Å². The summed E-state index contributed by atoms with van der Waals surface area (Å²) in [6.07, 6.45) is 0. The lowest BCUT2D eigenvalue weighted by atomic mass is 9.93. The molecule has 0 aliphatic carbocycles. The van der Waals surface area contributed by atoms with Crippen molar-refractivity contribution in [1.29, 1.82) is 0 Å². The normalized spacial score (nSPS) is 11.5. The van der Waals surface area contributed by atoms with Crippen LogP contribution in [0.5, 0.6) is 5.75 Å². The van der Waals surface area contributed by atoms with E-state index in [2.05, 4.69) is 6.07 Å². The second kappa shape index (κ2) is 4.19. The first-order valence-electron chi connectivity index (χ1n) is 6.88. The highest BCUT2D eigenvalue weighted by atomic mass is 19.1. The number of hydrogen-bond donors (Lipinski definition) is 1. The fourth-order valence-electron chi connectivity index (χ4n) is 3.18. The van der Waals surface area contributed by atoms with Gasteiger partial charge in [0.15, 0.2) is 0 Å². The minimum absolute atomic E-state index is 0.196. The van der Waals surface area contributed by atoms with Crippen LogP contribution in [-0.2, 0) is 0 Å². The van der Waals surface area contributed by atoms with E-state index >= 15 is 0 Å². The van der Waals surface area contributed by atoms with E-state index in [-0.39, 0.29) is 11.6 Å². The number of phenols is 1. The van der Waals surface area contributed by atoms with Crippen molar-refractivity contribution in [3.8, 4) is 5.75 Å². The molecule has 1 nitrogen and oxygen atoms in total. The standard InChI is InChI=1S/C19H13FO/c1-11-8-12-6-7-13(21)9-16(12)17-10-18(20)14-4-2-3-5-15(14)19(11)17/h2-10,21H,1H3. The Morgan fingerprint density at radius 1 is 0.810 bits per heavy atom. The van der Waals surface area contributed by atoms with Crippen molar-refractivity contribution >= 4 is 32.3 Å². The Morgan fingerprint density at radius 2 is 1.57 bits per heavy atom. The Labute approximate surface area is 121 Å². The minimum atomic E-state index is -0.228. The van der Waals surface area contributed by atoms with Gasteiger partial charge in [-0.2, -0.15) is 0 Å². The molecule has 0 fully saturated rings. The summed E-state index contributed by atoms with van der Waals surface area (Å²) in [5.41, 5.74) is 1.11. The highest BCUT2D eigenvalue weighted by molar-refractivity contribution is 6.19. The van der Waals surface area contributed by atoms with Gasteiger partial charge in [0.05, 0.1) is 0 Å². The van der Waals surface area contributed by atoms with Gasteiger partial charge in [0, 0.05) is 5.39 Å². The maximum Gasteiger partial charge on any atom is 0.131 e. The van der Waals surface area contributed by atoms with Crippen molar-refractivity contribution in [1.82, 2.24) is 0 Å². The highest BCUT2D eigenvalue weighted by Gasteiger charge is 2.11. The minimum Gasteiger partial charge on any atom is -0.508 e. The molecule has 0 aromatic heterocycles. The molecule has 2 heteroatoms. The fraction of sp³-hybridized carbons (Fsp3) is 0.0526. The zero-order valence-corrected chi connectivity index (χ0v) is 11.5. The van der Waals surface area contributed by atoms with Crippen LogP contribution < -0.4 is 0 Å². The first-order chi connectivity index (χ1) is 10.1.